The van der Waals surface area contributed by atoms with Gasteiger partial charge < -0.3 is 0 Å². The summed E-state index contributed by atoms with van der Waals surface area (Å²) in [7, 11) is 0. The molecular weight excluding hydrogens is 260 g/mol. The SMILES string of the molecule is Cc1ccc(C(Cl)c2ccc(C(C)(C)C)s2)cc1. The van der Waals surface area contributed by atoms with Gasteiger partial charge in [0.25, 0.3) is 0 Å². The van der Waals surface area contributed by atoms with Crippen LogP contribution in [0.1, 0.15) is 47.0 Å². The highest BCUT2D eigenvalue weighted by Gasteiger charge is 2.19. The summed E-state index contributed by atoms with van der Waals surface area (Å²) in [6, 6.07) is 12.8. The number of thiophene rings is 1. The van der Waals surface area contributed by atoms with Crippen LogP contribution < -0.4 is 0 Å². The zero-order valence-corrected chi connectivity index (χ0v) is 12.9. The molecule has 0 aliphatic heterocycles. The molecule has 1 aromatic carbocycles. The molecule has 96 valence electrons. The van der Waals surface area contributed by atoms with Crippen LogP contribution in [0.5, 0.6) is 0 Å². The smallest absolute Gasteiger partial charge is 0.0927 e. The highest BCUT2D eigenvalue weighted by atomic mass is 35.5. The van der Waals surface area contributed by atoms with E-state index in [1.165, 1.54) is 20.9 Å². The summed E-state index contributed by atoms with van der Waals surface area (Å²) in [6.45, 7) is 8.79. The molecular formula is C16H19ClS. The van der Waals surface area contributed by atoms with Gasteiger partial charge in [-0.3, -0.25) is 0 Å². The third-order valence-corrected chi connectivity index (χ3v) is 5.18. The molecule has 18 heavy (non-hydrogen) atoms. The van der Waals surface area contributed by atoms with Crippen LogP contribution in [0.25, 0.3) is 0 Å². The molecule has 0 N–H and O–H groups in total. The van der Waals surface area contributed by atoms with E-state index in [1.54, 1.807) is 0 Å². The summed E-state index contributed by atoms with van der Waals surface area (Å²) in [5.41, 5.74) is 2.64. The van der Waals surface area contributed by atoms with Crippen molar-refractivity contribution in [2.45, 2.75) is 38.5 Å². The first kappa shape index (κ1) is 13.6. The maximum Gasteiger partial charge on any atom is 0.0927 e. The average Bonchev–Trinajstić information content (AvgIpc) is 2.78. The number of hydrogen-bond donors (Lipinski definition) is 0. The van der Waals surface area contributed by atoms with Crippen LogP contribution in [-0.2, 0) is 5.41 Å². The minimum atomic E-state index is -0.0355. The van der Waals surface area contributed by atoms with E-state index in [-0.39, 0.29) is 10.8 Å². The second-order valence-electron chi connectivity index (χ2n) is 5.73. The number of benzene rings is 1. The lowest BCUT2D eigenvalue weighted by atomic mass is 9.95. The van der Waals surface area contributed by atoms with Crippen molar-refractivity contribution in [1.82, 2.24) is 0 Å². The predicted octanol–water partition coefficient (Wildman–Crippen LogP) is 5.68. The van der Waals surface area contributed by atoms with Gasteiger partial charge in [-0.2, -0.15) is 0 Å². The summed E-state index contributed by atoms with van der Waals surface area (Å²) < 4.78 is 0. The van der Waals surface area contributed by atoms with Gasteiger partial charge in [0.2, 0.25) is 0 Å². The minimum Gasteiger partial charge on any atom is -0.143 e. The molecule has 0 saturated heterocycles. The lowest BCUT2D eigenvalue weighted by molar-refractivity contribution is 0.604. The van der Waals surface area contributed by atoms with Crippen LogP contribution in [0.3, 0.4) is 0 Å². The molecule has 0 aliphatic carbocycles. The molecule has 1 heterocycles. The Morgan fingerprint density at radius 2 is 1.61 bits per heavy atom. The van der Waals surface area contributed by atoms with Gasteiger partial charge in [-0.1, -0.05) is 50.6 Å². The number of halogens is 1. The summed E-state index contributed by atoms with van der Waals surface area (Å²) in [5.74, 6) is 0. The van der Waals surface area contributed by atoms with E-state index >= 15 is 0 Å². The molecule has 0 amide bonds. The normalized spacial score (nSPS) is 13.6. The van der Waals surface area contributed by atoms with Gasteiger partial charge in [0.1, 0.15) is 0 Å². The quantitative estimate of drug-likeness (QED) is 0.620. The Labute approximate surface area is 119 Å². The fourth-order valence-electron chi connectivity index (χ4n) is 1.79. The fourth-order valence-corrected chi connectivity index (χ4v) is 3.22. The summed E-state index contributed by atoms with van der Waals surface area (Å²) in [6.07, 6.45) is 0. The van der Waals surface area contributed by atoms with E-state index in [0.29, 0.717) is 0 Å². The second kappa shape index (κ2) is 5.07. The van der Waals surface area contributed by atoms with Crippen LogP contribution in [0, 0.1) is 6.92 Å². The molecule has 1 aromatic heterocycles. The van der Waals surface area contributed by atoms with Crippen LogP contribution in [0.15, 0.2) is 36.4 Å². The van der Waals surface area contributed by atoms with Crippen LogP contribution in [0.4, 0.5) is 0 Å². The molecule has 2 rings (SSSR count). The van der Waals surface area contributed by atoms with E-state index in [9.17, 15) is 0 Å². The molecule has 0 aliphatic rings. The van der Waals surface area contributed by atoms with Crippen LogP contribution in [0.2, 0.25) is 0 Å². The van der Waals surface area contributed by atoms with Gasteiger partial charge in [0.15, 0.2) is 0 Å². The lowest BCUT2D eigenvalue weighted by Gasteiger charge is -2.15. The van der Waals surface area contributed by atoms with Crippen molar-refractivity contribution < 1.29 is 0 Å². The molecule has 0 fully saturated rings. The first-order valence-corrected chi connectivity index (χ1v) is 7.44. The van der Waals surface area contributed by atoms with E-state index in [4.69, 9.17) is 11.6 Å². The molecule has 0 spiro atoms. The lowest BCUT2D eigenvalue weighted by Crippen LogP contribution is -2.07. The molecule has 1 unspecified atom stereocenters. The van der Waals surface area contributed by atoms with Crippen molar-refractivity contribution in [2.75, 3.05) is 0 Å². The Morgan fingerprint density at radius 3 is 2.11 bits per heavy atom. The van der Waals surface area contributed by atoms with Crippen molar-refractivity contribution in [3.63, 3.8) is 0 Å². The van der Waals surface area contributed by atoms with Crippen molar-refractivity contribution in [1.29, 1.82) is 0 Å². The molecule has 2 heteroatoms. The van der Waals surface area contributed by atoms with E-state index < -0.39 is 0 Å². The summed E-state index contributed by atoms with van der Waals surface area (Å²) >= 11 is 8.37. The average molecular weight is 279 g/mol. The number of hydrogen-bond acceptors (Lipinski definition) is 1. The molecule has 0 bridgehead atoms. The number of rotatable bonds is 2. The first-order chi connectivity index (χ1) is 8.38. The minimum absolute atomic E-state index is 0.0355. The Balaban J connectivity index is 2.26. The third-order valence-electron chi connectivity index (χ3n) is 2.99. The van der Waals surface area contributed by atoms with Crippen molar-refractivity contribution in [3.8, 4) is 0 Å². The molecule has 2 aromatic rings. The third kappa shape index (κ3) is 2.96. The highest BCUT2D eigenvalue weighted by Crippen LogP contribution is 2.37. The zero-order chi connectivity index (χ0) is 13.3. The van der Waals surface area contributed by atoms with Gasteiger partial charge >= 0.3 is 0 Å². The van der Waals surface area contributed by atoms with Crippen molar-refractivity contribution in [3.05, 3.63) is 57.3 Å². The molecule has 1 atom stereocenters. The monoisotopic (exact) mass is 278 g/mol. The molecule has 0 nitrogen and oxygen atoms in total. The Morgan fingerprint density at radius 1 is 1.00 bits per heavy atom. The Hall–Kier alpha value is -0.790. The topological polar surface area (TPSA) is 0 Å². The van der Waals surface area contributed by atoms with Crippen LogP contribution >= 0.6 is 22.9 Å². The Bertz CT molecular complexity index is 517. The van der Waals surface area contributed by atoms with Crippen LogP contribution in [-0.4, -0.2) is 0 Å². The van der Waals surface area contributed by atoms with E-state index in [2.05, 4.69) is 64.1 Å². The van der Waals surface area contributed by atoms with Gasteiger partial charge in [-0.25, -0.2) is 0 Å². The van der Waals surface area contributed by atoms with Gasteiger partial charge in [-0.15, -0.1) is 22.9 Å². The van der Waals surface area contributed by atoms with Crippen molar-refractivity contribution >= 4 is 22.9 Å². The van der Waals surface area contributed by atoms with Crippen molar-refractivity contribution in [2.24, 2.45) is 0 Å². The second-order valence-corrected chi connectivity index (χ2v) is 7.28. The fraction of sp³-hybridized carbons (Fsp3) is 0.375. The van der Waals surface area contributed by atoms with Gasteiger partial charge in [0.05, 0.1) is 5.38 Å². The summed E-state index contributed by atoms with van der Waals surface area (Å²) in [5, 5.41) is -0.0355. The van der Waals surface area contributed by atoms with E-state index in [0.717, 1.165) is 0 Å². The largest absolute Gasteiger partial charge is 0.143 e. The van der Waals surface area contributed by atoms with Gasteiger partial charge in [0, 0.05) is 9.75 Å². The standard InChI is InChI=1S/C16H19ClS/c1-11-5-7-12(8-6-11)15(17)13-9-10-14(18-13)16(2,3)4/h5-10,15H,1-4H3. The molecule has 0 radical (unpaired) electrons. The predicted molar refractivity (Wildman–Crippen MR) is 81.9 cm³/mol. The number of alkyl halides is 1. The summed E-state index contributed by atoms with van der Waals surface area (Å²) in [4.78, 5) is 2.61. The molecule has 0 saturated carbocycles. The maximum absolute atomic E-state index is 6.56. The Kier molecular flexibility index (Phi) is 3.84. The maximum atomic E-state index is 6.56. The van der Waals surface area contributed by atoms with E-state index in [1.807, 2.05) is 11.3 Å². The first-order valence-electron chi connectivity index (χ1n) is 6.19. The zero-order valence-electron chi connectivity index (χ0n) is 11.3. The number of aryl methyl sites for hydroxylation is 1. The van der Waals surface area contributed by atoms with Gasteiger partial charge in [-0.05, 0) is 30.0 Å². The highest BCUT2D eigenvalue weighted by molar-refractivity contribution is 7.12.